The van der Waals surface area contributed by atoms with Crippen molar-refractivity contribution in [3.05, 3.63) is 70.9 Å². The molecule has 2 aromatic carbocycles. The highest BCUT2D eigenvalue weighted by Gasteiger charge is 2.36. The van der Waals surface area contributed by atoms with Crippen molar-refractivity contribution in [3.63, 3.8) is 0 Å². The van der Waals surface area contributed by atoms with E-state index >= 15 is 0 Å². The number of aromatic amines is 1. The standard InChI is InChI=1S/C23H24N4O4/c1-3-31-20-11-7-6-10-19(20)26-14-16(12-21(26)28)22(29)25-17-8-4-5-9-18(17)27-15(2)13-24-23(27)30/h4-11,13,16H,3,12,14H2,1-2H3,(H,24,30)(H,25,29). The van der Waals surface area contributed by atoms with Crippen molar-refractivity contribution in [2.75, 3.05) is 23.4 Å². The van der Waals surface area contributed by atoms with Crippen LogP contribution >= 0.6 is 0 Å². The lowest BCUT2D eigenvalue weighted by molar-refractivity contribution is -0.122. The van der Waals surface area contributed by atoms with Gasteiger partial charge in [0.25, 0.3) is 0 Å². The number of H-pyrrole nitrogens is 1. The molecule has 3 aromatic rings. The average molecular weight is 420 g/mol. The van der Waals surface area contributed by atoms with Gasteiger partial charge < -0.3 is 19.9 Å². The van der Waals surface area contributed by atoms with Gasteiger partial charge in [0.15, 0.2) is 0 Å². The Bertz CT molecular complexity index is 1180. The van der Waals surface area contributed by atoms with Gasteiger partial charge >= 0.3 is 5.69 Å². The minimum atomic E-state index is -0.515. The van der Waals surface area contributed by atoms with Gasteiger partial charge in [-0.25, -0.2) is 4.79 Å². The third-order valence-corrected chi connectivity index (χ3v) is 5.31. The Morgan fingerprint density at radius 1 is 1.13 bits per heavy atom. The second-order valence-electron chi connectivity index (χ2n) is 7.38. The molecule has 1 saturated heterocycles. The van der Waals surface area contributed by atoms with E-state index in [2.05, 4.69) is 10.3 Å². The van der Waals surface area contributed by atoms with Gasteiger partial charge in [-0.2, -0.15) is 0 Å². The SMILES string of the molecule is CCOc1ccccc1N1CC(C(=O)Nc2ccccc2-n2c(C)c[nH]c2=O)CC1=O. The Morgan fingerprint density at radius 2 is 1.84 bits per heavy atom. The van der Waals surface area contributed by atoms with E-state index in [0.717, 1.165) is 5.69 Å². The number of aryl methyl sites for hydroxylation is 1. The molecule has 1 atom stereocenters. The lowest BCUT2D eigenvalue weighted by Gasteiger charge is -2.20. The molecule has 0 spiro atoms. The lowest BCUT2D eigenvalue weighted by Crippen LogP contribution is -2.29. The van der Waals surface area contributed by atoms with Crippen LogP contribution in [-0.4, -0.2) is 34.5 Å². The van der Waals surface area contributed by atoms with Crippen molar-refractivity contribution in [1.29, 1.82) is 0 Å². The van der Waals surface area contributed by atoms with E-state index in [4.69, 9.17) is 4.74 Å². The van der Waals surface area contributed by atoms with E-state index in [1.165, 1.54) is 4.57 Å². The van der Waals surface area contributed by atoms with Gasteiger partial charge in [-0.05, 0) is 38.1 Å². The Morgan fingerprint density at radius 3 is 2.55 bits per heavy atom. The molecule has 0 radical (unpaired) electrons. The smallest absolute Gasteiger partial charge is 0.330 e. The second kappa shape index (κ2) is 8.51. The number of carbonyl (C=O) groups excluding carboxylic acids is 2. The lowest BCUT2D eigenvalue weighted by atomic mass is 10.1. The molecule has 2 heterocycles. The molecule has 2 N–H and O–H groups in total. The number of imidazole rings is 1. The summed E-state index contributed by atoms with van der Waals surface area (Å²) in [5.41, 5.74) is 2.19. The first-order chi connectivity index (χ1) is 15.0. The Labute approximate surface area is 179 Å². The highest BCUT2D eigenvalue weighted by molar-refractivity contribution is 6.04. The molecule has 31 heavy (non-hydrogen) atoms. The van der Waals surface area contributed by atoms with E-state index in [9.17, 15) is 14.4 Å². The van der Waals surface area contributed by atoms with Gasteiger partial charge in [-0.3, -0.25) is 14.2 Å². The van der Waals surface area contributed by atoms with E-state index < -0.39 is 5.92 Å². The zero-order valence-electron chi connectivity index (χ0n) is 17.4. The van der Waals surface area contributed by atoms with Crippen molar-refractivity contribution in [3.8, 4) is 11.4 Å². The van der Waals surface area contributed by atoms with Crippen LogP contribution in [0, 0.1) is 12.8 Å². The molecule has 0 aliphatic carbocycles. The molecule has 0 saturated carbocycles. The fourth-order valence-corrected chi connectivity index (χ4v) is 3.84. The van der Waals surface area contributed by atoms with Gasteiger partial charge in [0.2, 0.25) is 11.8 Å². The second-order valence-corrected chi connectivity index (χ2v) is 7.38. The number of hydrogen-bond donors (Lipinski definition) is 2. The van der Waals surface area contributed by atoms with Crippen molar-refractivity contribution >= 4 is 23.2 Å². The summed E-state index contributed by atoms with van der Waals surface area (Å²) in [6, 6.07) is 14.4. The van der Waals surface area contributed by atoms with Crippen LogP contribution in [0.3, 0.4) is 0 Å². The highest BCUT2D eigenvalue weighted by atomic mass is 16.5. The van der Waals surface area contributed by atoms with Crippen LogP contribution in [0.4, 0.5) is 11.4 Å². The van der Waals surface area contributed by atoms with Crippen molar-refractivity contribution in [2.24, 2.45) is 5.92 Å². The van der Waals surface area contributed by atoms with Gasteiger partial charge in [0.05, 0.1) is 29.6 Å². The number of nitrogens with zero attached hydrogens (tertiary/aromatic N) is 2. The first-order valence-electron chi connectivity index (χ1n) is 10.2. The quantitative estimate of drug-likeness (QED) is 0.641. The molecular weight excluding hydrogens is 396 g/mol. The molecule has 1 aromatic heterocycles. The zero-order chi connectivity index (χ0) is 22.0. The summed E-state index contributed by atoms with van der Waals surface area (Å²) in [6.07, 6.45) is 1.72. The monoisotopic (exact) mass is 420 g/mol. The Kier molecular flexibility index (Phi) is 5.62. The summed E-state index contributed by atoms with van der Waals surface area (Å²) < 4.78 is 7.14. The van der Waals surface area contributed by atoms with Crippen LogP contribution in [0.1, 0.15) is 19.0 Å². The average Bonchev–Trinajstić information content (AvgIpc) is 3.31. The number of para-hydroxylation sites is 4. The largest absolute Gasteiger partial charge is 0.492 e. The predicted molar refractivity (Wildman–Crippen MR) is 118 cm³/mol. The predicted octanol–water partition coefficient (Wildman–Crippen LogP) is 2.86. The van der Waals surface area contributed by atoms with Crippen LogP contribution in [0.15, 0.2) is 59.5 Å². The number of hydrogen-bond acceptors (Lipinski definition) is 4. The minimum absolute atomic E-state index is 0.109. The minimum Gasteiger partial charge on any atom is -0.492 e. The number of carbonyl (C=O) groups is 2. The molecule has 1 fully saturated rings. The van der Waals surface area contributed by atoms with Crippen LogP contribution in [0.25, 0.3) is 5.69 Å². The van der Waals surface area contributed by atoms with Crippen LogP contribution in [-0.2, 0) is 9.59 Å². The van der Waals surface area contributed by atoms with Gasteiger partial charge in [-0.15, -0.1) is 0 Å². The van der Waals surface area contributed by atoms with Gasteiger partial charge in [0.1, 0.15) is 5.75 Å². The summed E-state index contributed by atoms with van der Waals surface area (Å²) in [5.74, 6) is -0.289. The number of nitrogens with one attached hydrogen (secondary N) is 2. The molecule has 1 aliphatic rings. The highest BCUT2D eigenvalue weighted by Crippen LogP contribution is 2.33. The van der Waals surface area contributed by atoms with E-state index in [1.807, 2.05) is 31.2 Å². The summed E-state index contributed by atoms with van der Waals surface area (Å²) in [5, 5.41) is 2.90. The topological polar surface area (TPSA) is 96.4 Å². The first-order valence-corrected chi connectivity index (χ1v) is 10.2. The summed E-state index contributed by atoms with van der Waals surface area (Å²) in [4.78, 5) is 42.1. The van der Waals surface area contributed by atoms with Crippen LogP contribution in [0.5, 0.6) is 5.75 Å². The van der Waals surface area contributed by atoms with Crippen molar-refractivity contribution in [1.82, 2.24) is 9.55 Å². The van der Waals surface area contributed by atoms with E-state index in [0.29, 0.717) is 29.4 Å². The molecule has 1 unspecified atom stereocenters. The Balaban J connectivity index is 1.55. The van der Waals surface area contributed by atoms with Crippen LogP contribution < -0.4 is 20.6 Å². The van der Waals surface area contributed by atoms with E-state index in [-0.39, 0.29) is 30.5 Å². The zero-order valence-corrected chi connectivity index (χ0v) is 17.4. The van der Waals surface area contributed by atoms with Crippen molar-refractivity contribution in [2.45, 2.75) is 20.3 Å². The first kappa shape index (κ1) is 20.5. The maximum Gasteiger partial charge on any atom is 0.330 e. The molecular formula is C23H24N4O4. The Hall–Kier alpha value is -3.81. The third kappa shape index (κ3) is 3.96. The molecule has 0 bridgehead atoms. The van der Waals surface area contributed by atoms with Gasteiger partial charge in [-0.1, -0.05) is 24.3 Å². The molecule has 8 heteroatoms. The third-order valence-electron chi connectivity index (χ3n) is 5.31. The normalized spacial score (nSPS) is 15.9. The maximum absolute atomic E-state index is 13.0. The molecule has 160 valence electrons. The number of benzene rings is 2. The van der Waals surface area contributed by atoms with E-state index in [1.54, 1.807) is 42.3 Å². The molecule has 1 aliphatic heterocycles. The van der Waals surface area contributed by atoms with Crippen LogP contribution in [0.2, 0.25) is 0 Å². The fourth-order valence-electron chi connectivity index (χ4n) is 3.84. The molecule has 4 rings (SSSR count). The fraction of sp³-hybridized carbons (Fsp3) is 0.261. The number of anilines is 2. The molecule has 2 amide bonds. The van der Waals surface area contributed by atoms with Crippen molar-refractivity contribution < 1.29 is 14.3 Å². The number of amides is 2. The number of aromatic nitrogens is 2. The summed E-state index contributed by atoms with van der Waals surface area (Å²) in [7, 11) is 0. The number of ether oxygens (including phenoxy) is 1. The summed E-state index contributed by atoms with van der Waals surface area (Å²) >= 11 is 0. The summed E-state index contributed by atoms with van der Waals surface area (Å²) in [6.45, 7) is 4.44. The maximum atomic E-state index is 13.0. The van der Waals surface area contributed by atoms with Gasteiger partial charge in [0, 0.05) is 24.9 Å². The number of rotatable bonds is 6. The molecule has 8 nitrogen and oxygen atoms in total.